The van der Waals surface area contributed by atoms with E-state index in [1.54, 1.807) is 12.1 Å². The largest absolute Gasteiger partial charge is 0.398 e. The fourth-order valence-electron chi connectivity index (χ4n) is 1.61. The lowest BCUT2D eigenvalue weighted by atomic mass is 10.1. The molecule has 0 aliphatic heterocycles. The molecule has 0 bridgehead atoms. The second kappa shape index (κ2) is 7.96. The summed E-state index contributed by atoms with van der Waals surface area (Å²) in [6, 6.07) is 7.23. The maximum atomic E-state index is 12.1. The molecule has 0 heterocycles. The number of carbonyl (C=O) groups excluding carboxylic acids is 1. The predicted octanol–water partition coefficient (Wildman–Crippen LogP) is 2.95. The number of benzene rings is 1. The van der Waals surface area contributed by atoms with Gasteiger partial charge in [0.15, 0.2) is 0 Å². The summed E-state index contributed by atoms with van der Waals surface area (Å²) in [6.07, 6.45) is 2.13. The topological polar surface area (TPSA) is 46.3 Å². The third kappa shape index (κ3) is 4.27. The van der Waals surface area contributed by atoms with Crippen LogP contribution in [0, 0.1) is 0 Å². The van der Waals surface area contributed by atoms with Crippen LogP contribution in [0.25, 0.3) is 0 Å². The number of nitrogens with zero attached hydrogens (tertiary/aromatic N) is 1. The van der Waals surface area contributed by atoms with Gasteiger partial charge in [0.25, 0.3) is 5.91 Å². The van der Waals surface area contributed by atoms with Crippen LogP contribution in [0.15, 0.2) is 24.3 Å². The highest BCUT2D eigenvalue weighted by Crippen LogP contribution is 2.13. The zero-order chi connectivity index (χ0) is 12.0. The van der Waals surface area contributed by atoms with Crippen molar-refractivity contribution in [2.75, 3.05) is 18.8 Å². The summed E-state index contributed by atoms with van der Waals surface area (Å²) < 4.78 is 0. The monoisotopic (exact) mass is 256 g/mol. The Kier molecular flexibility index (Phi) is 7.39. The molecular weight excluding hydrogens is 236 g/mol. The first kappa shape index (κ1) is 15.8. The van der Waals surface area contributed by atoms with Gasteiger partial charge in [0.05, 0.1) is 5.56 Å². The number of nitrogen functional groups attached to an aromatic ring is 1. The Morgan fingerprint density at radius 1 is 1.29 bits per heavy atom. The van der Waals surface area contributed by atoms with Crippen LogP contribution < -0.4 is 5.73 Å². The molecular formula is C13H21ClN2O. The van der Waals surface area contributed by atoms with Crippen molar-refractivity contribution < 1.29 is 4.79 Å². The van der Waals surface area contributed by atoms with Crippen molar-refractivity contribution in [3.05, 3.63) is 29.8 Å². The molecule has 0 aliphatic carbocycles. The van der Waals surface area contributed by atoms with Gasteiger partial charge >= 0.3 is 0 Å². The first-order chi connectivity index (χ1) is 7.70. The van der Waals surface area contributed by atoms with E-state index < -0.39 is 0 Å². The molecule has 4 heteroatoms. The summed E-state index contributed by atoms with van der Waals surface area (Å²) in [7, 11) is 0. The third-order valence-electron chi connectivity index (χ3n) is 2.64. The van der Waals surface area contributed by atoms with Gasteiger partial charge in [-0.05, 0) is 25.5 Å². The van der Waals surface area contributed by atoms with E-state index in [-0.39, 0.29) is 18.3 Å². The first-order valence-corrected chi connectivity index (χ1v) is 5.84. The molecule has 0 saturated heterocycles. The van der Waals surface area contributed by atoms with E-state index in [4.69, 9.17) is 5.73 Å². The van der Waals surface area contributed by atoms with Crippen molar-refractivity contribution in [2.24, 2.45) is 0 Å². The van der Waals surface area contributed by atoms with E-state index in [1.807, 2.05) is 24.0 Å². The van der Waals surface area contributed by atoms with Crippen LogP contribution >= 0.6 is 12.4 Å². The molecule has 1 aromatic rings. The molecule has 2 N–H and O–H groups in total. The number of hydrogen-bond donors (Lipinski definition) is 1. The van der Waals surface area contributed by atoms with Crippen LogP contribution in [0.1, 0.15) is 37.0 Å². The van der Waals surface area contributed by atoms with Crippen LogP contribution in [-0.4, -0.2) is 23.9 Å². The number of halogens is 1. The van der Waals surface area contributed by atoms with Crippen molar-refractivity contribution in [3.8, 4) is 0 Å². The Hall–Kier alpha value is -1.22. The van der Waals surface area contributed by atoms with Crippen LogP contribution in [0.2, 0.25) is 0 Å². The highest BCUT2D eigenvalue weighted by molar-refractivity contribution is 5.99. The summed E-state index contributed by atoms with van der Waals surface area (Å²) in [6.45, 7) is 5.65. The molecule has 0 aromatic heterocycles. The smallest absolute Gasteiger partial charge is 0.255 e. The zero-order valence-electron chi connectivity index (χ0n) is 10.5. The summed E-state index contributed by atoms with van der Waals surface area (Å²) in [5, 5.41) is 0. The zero-order valence-corrected chi connectivity index (χ0v) is 11.3. The number of anilines is 1. The molecule has 0 spiro atoms. The lowest BCUT2D eigenvalue weighted by molar-refractivity contribution is 0.0763. The van der Waals surface area contributed by atoms with Gasteiger partial charge in [-0.3, -0.25) is 4.79 Å². The van der Waals surface area contributed by atoms with Gasteiger partial charge in [0.2, 0.25) is 0 Å². The molecule has 1 aromatic carbocycles. The SMILES string of the molecule is CCCCN(CC)C(=O)c1ccccc1N.Cl. The Labute approximate surface area is 109 Å². The summed E-state index contributed by atoms with van der Waals surface area (Å²) in [5.74, 6) is 0.0362. The average Bonchev–Trinajstić information content (AvgIpc) is 2.30. The molecule has 0 unspecified atom stereocenters. The molecule has 0 radical (unpaired) electrons. The second-order valence-corrected chi connectivity index (χ2v) is 3.83. The summed E-state index contributed by atoms with van der Waals surface area (Å²) >= 11 is 0. The van der Waals surface area contributed by atoms with Gasteiger partial charge in [-0.2, -0.15) is 0 Å². The van der Waals surface area contributed by atoms with E-state index in [0.29, 0.717) is 11.3 Å². The number of carbonyl (C=O) groups is 1. The van der Waals surface area contributed by atoms with Crippen molar-refractivity contribution in [1.29, 1.82) is 0 Å². The quantitative estimate of drug-likeness (QED) is 0.824. The maximum absolute atomic E-state index is 12.1. The fourth-order valence-corrected chi connectivity index (χ4v) is 1.61. The summed E-state index contributed by atoms with van der Waals surface area (Å²) in [5.41, 5.74) is 6.96. The number of amides is 1. The molecule has 0 saturated carbocycles. The van der Waals surface area contributed by atoms with Crippen LogP contribution in [-0.2, 0) is 0 Å². The van der Waals surface area contributed by atoms with E-state index in [0.717, 1.165) is 25.9 Å². The van der Waals surface area contributed by atoms with Gasteiger partial charge in [-0.1, -0.05) is 25.5 Å². The van der Waals surface area contributed by atoms with Gasteiger partial charge in [0.1, 0.15) is 0 Å². The van der Waals surface area contributed by atoms with Crippen molar-refractivity contribution in [2.45, 2.75) is 26.7 Å². The second-order valence-electron chi connectivity index (χ2n) is 3.83. The fraction of sp³-hybridized carbons (Fsp3) is 0.462. The Morgan fingerprint density at radius 3 is 2.47 bits per heavy atom. The van der Waals surface area contributed by atoms with Crippen LogP contribution in [0.4, 0.5) is 5.69 Å². The van der Waals surface area contributed by atoms with Crippen molar-refractivity contribution >= 4 is 24.0 Å². The Balaban J connectivity index is 0.00000256. The van der Waals surface area contributed by atoms with E-state index >= 15 is 0 Å². The predicted molar refractivity (Wildman–Crippen MR) is 74.6 cm³/mol. The van der Waals surface area contributed by atoms with E-state index in [9.17, 15) is 4.79 Å². The lowest BCUT2D eigenvalue weighted by Crippen LogP contribution is -2.32. The van der Waals surface area contributed by atoms with Crippen LogP contribution in [0.3, 0.4) is 0 Å². The number of nitrogens with two attached hydrogens (primary N) is 1. The third-order valence-corrected chi connectivity index (χ3v) is 2.64. The average molecular weight is 257 g/mol. The minimum Gasteiger partial charge on any atom is -0.398 e. The lowest BCUT2D eigenvalue weighted by Gasteiger charge is -2.21. The van der Waals surface area contributed by atoms with Gasteiger partial charge < -0.3 is 10.6 Å². The minimum atomic E-state index is 0. The molecule has 96 valence electrons. The van der Waals surface area contributed by atoms with E-state index in [1.165, 1.54) is 0 Å². The minimum absolute atomic E-state index is 0. The molecule has 1 amide bonds. The van der Waals surface area contributed by atoms with Gasteiger partial charge in [-0.15, -0.1) is 12.4 Å². The maximum Gasteiger partial charge on any atom is 0.255 e. The van der Waals surface area contributed by atoms with Crippen molar-refractivity contribution in [1.82, 2.24) is 4.90 Å². The standard InChI is InChI=1S/C13H20N2O.ClH/c1-3-5-10-15(4-2)13(16)11-8-6-7-9-12(11)14;/h6-9H,3-5,10,14H2,1-2H3;1H. The number of rotatable bonds is 5. The highest BCUT2D eigenvalue weighted by Gasteiger charge is 2.15. The van der Waals surface area contributed by atoms with Crippen LogP contribution in [0.5, 0.6) is 0 Å². The van der Waals surface area contributed by atoms with Gasteiger partial charge in [-0.25, -0.2) is 0 Å². The molecule has 0 fully saturated rings. The number of hydrogen-bond acceptors (Lipinski definition) is 2. The molecule has 3 nitrogen and oxygen atoms in total. The number of para-hydroxylation sites is 1. The number of unbranched alkanes of at least 4 members (excludes halogenated alkanes) is 1. The normalized spacial score (nSPS) is 9.53. The molecule has 1 rings (SSSR count). The Bertz CT molecular complexity index is 355. The molecule has 0 atom stereocenters. The van der Waals surface area contributed by atoms with Crippen molar-refractivity contribution in [3.63, 3.8) is 0 Å². The first-order valence-electron chi connectivity index (χ1n) is 5.84. The van der Waals surface area contributed by atoms with E-state index in [2.05, 4.69) is 6.92 Å². The molecule has 17 heavy (non-hydrogen) atoms. The Morgan fingerprint density at radius 2 is 1.94 bits per heavy atom. The summed E-state index contributed by atoms with van der Waals surface area (Å²) in [4.78, 5) is 14.0. The highest BCUT2D eigenvalue weighted by atomic mass is 35.5. The molecule has 0 aliphatic rings. The van der Waals surface area contributed by atoms with Gasteiger partial charge in [0, 0.05) is 18.8 Å².